The molecule has 3 heteroatoms. The van der Waals surface area contributed by atoms with E-state index in [2.05, 4.69) is 150 Å². The van der Waals surface area contributed by atoms with Gasteiger partial charge in [0.1, 0.15) is 5.52 Å². The van der Waals surface area contributed by atoms with E-state index < -0.39 is 0 Å². The highest BCUT2D eigenvalue weighted by molar-refractivity contribution is 6.11. The molecule has 8 aromatic rings. The Morgan fingerprint density at radius 1 is 0.395 bits per heavy atom. The largest absolute Gasteiger partial charge is 0.306 e. The lowest BCUT2D eigenvalue weighted by Crippen LogP contribution is -2.00. The Labute approximate surface area is 250 Å². The predicted molar refractivity (Wildman–Crippen MR) is 178 cm³/mol. The molecule has 0 spiro atoms. The van der Waals surface area contributed by atoms with Gasteiger partial charge in [0.2, 0.25) is 0 Å². The third kappa shape index (κ3) is 4.48. The average Bonchev–Trinajstić information content (AvgIpc) is 3.43. The van der Waals surface area contributed by atoms with Crippen molar-refractivity contribution in [3.05, 3.63) is 164 Å². The number of nitrogens with zero attached hydrogens (tertiary/aromatic N) is 3. The molecule has 0 aliphatic heterocycles. The fraction of sp³-hybridized carbons (Fsp3) is 0. The lowest BCUT2D eigenvalue weighted by molar-refractivity contribution is 1.15. The van der Waals surface area contributed by atoms with Crippen LogP contribution in [0, 0.1) is 0 Å². The van der Waals surface area contributed by atoms with Crippen molar-refractivity contribution in [2.24, 2.45) is 0 Å². The van der Waals surface area contributed by atoms with E-state index in [4.69, 9.17) is 9.97 Å². The molecule has 202 valence electrons. The molecule has 6 aromatic carbocycles. The molecule has 3 nitrogen and oxygen atoms in total. The van der Waals surface area contributed by atoms with Crippen molar-refractivity contribution in [2.45, 2.75) is 0 Å². The van der Waals surface area contributed by atoms with Crippen LogP contribution >= 0.6 is 0 Å². The first-order valence-corrected chi connectivity index (χ1v) is 14.5. The van der Waals surface area contributed by atoms with E-state index in [0.717, 1.165) is 55.6 Å². The summed E-state index contributed by atoms with van der Waals surface area (Å²) in [7, 11) is 0. The zero-order valence-corrected chi connectivity index (χ0v) is 23.4. The maximum atomic E-state index is 5.36. The highest BCUT2D eigenvalue weighted by Crippen LogP contribution is 2.40. The fourth-order valence-electron chi connectivity index (χ4n) is 5.97. The van der Waals surface area contributed by atoms with Crippen molar-refractivity contribution in [2.75, 3.05) is 0 Å². The molecule has 0 N–H and O–H groups in total. The second kappa shape index (κ2) is 10.6. The molecule has 0 saturated heterocycles. The van der Waals surface area contributed by atoms with Crippen LogP contribution in [0.1, 0.15) is 0 Å². The Morgan fingerprint density at radius 3 is 1.49 bits per heavy atom. The van der Waals surface area contributed by atoms with E-state index in [0.29, 0.717) is 5.82 Å². The van der Waals surface area contributed by atoms with Crippen LogP contribution in [0.25, 0.3) is 72.5 Å². The molecule has 0 aliphatic rings. The fourth-order valence-corrected chi connectivity index (χ4v) is 5.97. The van der Waals surface area contributed by atoms with Gasteiger partial charge in [0.15, 0.2) is 5.82 Å². The van der Waals surface area contributed by atoms with E-state index in [9.17, 15) is 0 Å². The van der Waals surface area contributed by atoms with E-state index in [-0.39, 0.29) is 0 Å². The quantitative estimate of drug-likeness (QED) is 0.214. The topological polar surface area (TPSA) is 30.7 Å². The summed E-state index contributed by atoms with van der Waals surface area (Å²) in [5, 5.41) is 1.10. The van der Waals surface area contributed by atoms with Gasteiger partial charge in [0, 0.05) is 22.2 Å². The van der Waals surface area contributed by atoms with Gasteiger partial charge in [-0.1, -0.05) is 127 Å². The lowest BCUT2D eigenvalue weighted by atomic mass is 9.94. The minimum atomic E-state index is 0.713. The first kappa shape index (κ1) is 25.0. The number of fused-ring (bicyclic) bond motifs is 3. The maximum Gasteiger partial charge on any atom is 0.160 e. The van der Waals surface area contributed by atoms with Gasteiger partial charge in [-0.25, -0.2) is 9.97 Å². The van der Waals surface area contributed by atoms with Crippen LogP contribution in [0.5, 0.6) is 0 Å². The molecule has 8 rings (SSSR count). The normalized spacial score (nSPS) is 11.3. The van der Waals surface area contributed by atoms with Crippen LogP contribution in [0.3, 0.4) is 0 Å². The molecule has 0 atom stereocenters. The summed E-state index contributed by atoms with van der Waals surface area (Å²) in [5.74, 6) is 0.713. The van der Waals surface area contributed by atoms with Gasteiger partial charge in [0.05, 0.1) is 16.7 Å². The molecular weight excluding hydrogens is 522 g/mol. The van der Waals surface area contributed by atoms with Gasteiger partial charge in [-0.2, -0.15) is 0 Å². The smallest absolute Gasteiger partial charge is 0.160 e. The Bertz CT molecular complexity index is 2140. The van der Waals surface area contributed by atoms with Crippen LogP contribution in [-0.4, -0.2) is 14.5 Å². The zero-order chi connectivity index (χ0) is 28.6. The molecule has 0 radical (unpaired) electrons. The number of rotatable bonds is 5. The Morgan fingerprint density at radius 2 is 0.884 bits per heavy atom. The SMILES string of the molecule is c1ccc(-c2cc(-c3ccccc3)cc(-c3nc(-c4ccccc4)nc4c5ccccc5n(-c5ccccc5)c34)c2)cc1. The molecule has 0 fully saturated rings. The number of para-hydroxylation sites is 2. The molecule has 2 aromatic heterocycles. The molecular formula is C40H27N3. The molecule has 0 aliphatic carbocycles. The lowest BCUT2D eigenvalue weighted by Gasteiger charge is -2.15. The van der Waals surface area contributed by atoms with Crippen molar-refractivity contribution in [1.82, 2.24) is 14.5 Å². The number of benzene rings is 6. The standard InChI is InChI=1S/C40H27N3/c1-5-15-28(16-6-1)31-25-32(29-17-7-2-8-18-29)27-33(26-31)37-39-38(42-40(41-37)30-19-9-3-10-20-30)35-23-13-14-24-36(35)43(39)34-21-11-4-12-22-34/h1-27H. The summed E-state index contributed by atoms with van der Waals surface area (Å²) < 4.78 is 2.31. The Balaban J connectivity index is 1.52. The van der Waals surface area contributed by atoms with Crippen LogP contribution in [0.15, 0.2) is 164 Å². The van der Waals surface area contributed by atoms with Crippen LogP contribution in [-0.2, 0) is 0 Å². The highest BCUT2D eigenvalue weighted by Gasteiger charge is 2.21. The van der Waals surface area contributed by atoms with Crippen molar-refractivity contribution in [3.63, 3.8) is 0 Å². The van der Waals surface area contributed by atoms with Crippen molar-refractivity contribution in [3.8, 4) is 50.6 Å². The Kier molecular flexibility index (Phi) is 6.12. The van der Waals surface area contributed by atoms with Crippen LogP contribution < -0.4 is 0 Å². The second-order valence-electron chi connectivity index (χ2n) is 10.7. The zero-order valence-electron chi connectivity index (χ0n) is 23.4. The van der Waals surface area contributed by atoms with Gasteiger partial charge in [-0.05, 0) is 58.7 Å². The van der Waals surface area contributed by atoms with Crippen LogP contribution in [0.2, 0.25) is 0 Å². The van der Waals surface area contributed by atoms with Crippen molar-refractivity contribution in [1.29, 1.82) is 0 Å². The van der Waals surface area contributed by atoms with Gasteiger partial charge in [-0.15, -0.1) is 0 Å². The first-order chi connectivity index (χ1) is 21.3. The van der Waals surface area contributed by atoms with Gasteiger partial charge in [-0.3, -0.25) is 0 Å². The number of hydrogen-bond acceptors (Lipinski definition) is 2. The molecule has 43 heavy (non-hydrogen) atoms. The highest BCUT2D eigenvalue weighted by atomic mass is 15.0. The molecule has 0 bridgehead atoms. The minimum Gasteiger partial charge on any atom is -0.306 e. The number of aromatic nitrogens is 3. The summed E-state index contributed by atoms with van der Waals surface area (Å²) in [6.07, 6.45) is 0. The second-order valence-corrected chi connectivity index (χ2v) is 10.7. The Hall–Kier alpha value is -5.80. The summed E-state index contributed by atoms with van der Waals surface area (Å²) >= 11 is 0. The third-order valence-electron chi connectivity index (χ3n) is 7.97. The maximum absolute atomic E-state index is 5.36. The number of hydrogen-bond donors (Lipinski definition) is 0. The average molecular weight is 550 g/mol. The third-order valence-corrected chi connectivity index (χ3v) is 7.97. The monoisotopic (exact) mass is 549 g/mol. The van der Waals surface area contributed by atoms with Crippen molar-refractivity contribution >= 4 is 21.9 Å². The van der Waals surface area contributed by atoms with E-state index in [1.165, 1.54) is 11.1 Å². The summed E-state index contributed by atoms with van der Waals surface area (Å²) in [4.78, 5) is 10.6. The summed E-state index contributed by atoms with van der Waals surface area (Å²) in [5.41, 5.74) is 11.7. The predicted octanol–water partition coefficient (Wildman–Crippen LogP) is 10.2. The van der Waals surface area contributed by atoms with Crippen LogP contribution in [0.4, 0.5) is 0 Å². The van der Waals surface area contributed by atoms with Gasteiger partial charge < -0.3 is 4.57 Å². The summed E-state index contributed by atoms with van der Waals surface area (Å²) in [6, 6.07) is 57.3. The summed E-state index contributed by atoms with van der Waals surface area (Å²) in [6.45, 7) is 0. The molecule has 0 unspecified atom stereocenters. The molecule has 2 heterocycles. The van der Waals surface area contributed by atoms with E-state index in [1.807, 2.05) is 18.2 Å². The first-order valence-electron chi connectivity index (χ1n) is 14.5. The minimum absolute atomic E-state index is 0.713. The van der Waals surface area contributed by atoms with E-state index >= 15 is 0 Å². The molecule has 0 amide bonds. The molecule has 0 saturated carbocycles. The van der Waals surface area contributed by atoms with Crippen molar-refractivity contribution < 1.29 is 0 Å². The van der Waals surface area contributed by atoms with Gasteiger partial charge in [0.25, 0.3) is 0 Å². The van der Waals surface area contributed by atoms with Gasteiger partial charge >= 0.3 is 0 Å². The van der Waals surface area contributed by atoms with E-state index in [1.54, 1.807) is 0 Å².